The summed E-state index contributed by atoms with van der Waals surface area (Å²) in [5.41, 5.74) is 12.8. The standard InChI is InChI=1S/C20H23N7O/c21-18-25-19(22)27(20(26-18)11-5-1-6-12-20)15-9-3-2-8-14(15)17(28)24-16-10-4-7-13-23-16/h2-4,7-10,13H,1,5-6,11-12H2,(H,23,24,28)(H4,21,22,25,26). The Kier molecular flexibility index (Phi) is 4.68. The molecule has 0 bridgehead atoms. The third-order valence-electron chi connectivity index (χ3n) is 5.15. The highest BCUT2D eigenvalue weighted by Gasteiger charge is 2.43. The fraction of sp³-hybridized carbons (Fsp3) is 0.300. The maximum Gasteiger partial charge on any atom is 0.258 e. The Morgan fingerprint density at radius 2 is 1.79 bits per heavy atom. The van der Waals surface area contributed by atoms with Crippen LogP contribution in [0.1, 0.15) is 42.5 Å². The highest BCUT2D eigenvalue weighted by Crippen LogP contribution is 2.40. The van der Waals surface area contributed by atoms with Crippen molar-refractivity contribution in [2.75, 3.05) is 10.2 Å². The molecule has 2 heterocycles. The molecule has 1 aliphatic heterocycles. The van der Waals surface area contributed by atoms with Gasteiger partial charge in [-0.15, -0.1) is 0 Å². The average molecular weight is 377 g/mol. The molecule has 144 valence electrons. The number of aromatic nitrogens is 1. The van der Waals surface area contributed by atoms with Crippen LogP contribution in [0.5, 0.6) is 0 Å². The van der Waals surface area contributed by atoms with Gasteiger partial charge in [0.05, 0.1) is 11.3 Å². The number of amides is 1. The van der Waals surface area contributed by atoms with Crippen molar-refractivity contribution in [3.8, 4) is 0 Å². The second-order valence-electron chi connectivity index (χ2n) is 7.00. The van der Waals surface area contributed by atoms with Crippen molar-refractivity contribution in [2.24, 2.45) is 21.5 Å². The van der Waals surface area contributed by atoms with Gasteiger partial charge < -0.3 is 16.8 Å². The first kappa shape index (κ1) is 18.0. The number of anilines is 2. The molecule has 1 saturated carbocycles. The summed E-state index contributed by atoms with van der Waals surface area (Å²) in [7, 11) is 0. The number of para-hydroxylation sites is 1. The molecule has 1 spiro atoms. The first-order valence-electron chi connectivity index (χ1n) is 9.40. The van der Waals surface area contributed by atoms with E-state index in [2.05, 4.69) is 20.3 Å². The summed E-state index contributed by atoms with van der Waals surface area (Å²) in [5.74, 6) is 0.659. The zero-order valence-corrected chi connectivity index (χ0v) is 15.5. The van der Waals surface area contributed by atoms with Crippen LogP contribution in [0, 0.1) is 0 Å². The van der Waals surface area contributed by atoms with Gasteiger partial charge in [0.2, 0.25) is 11.9 Å². The number of nitrogens with two attached hydrogens (primary N) is 2. The molecule has 0 unspecified atom stereocenters. The summed E-state index contributed by atoms with van der Waals surface area (Å²) in [6.45, 7) is 0. The van der Waals surface area contributed by atoms with Gasteiger partial charge in [0.1, 0.15) is 11.5 Å². The predicted octanol–water partition coefficient (Wildman–Crippen LogP) is 2.44. The molecule has 1 fully saturated rings. The quantitative estimate of drug-likeness (QED) is 0.758. The van der Waals surface area contributed by atoms with Crippen LogP contribution in [-0.2, 0) is 0 Å². The number of carbonyl (C=O) groups is 1. The summed E-state index contributed by atoms with van der Waals surface area (Å²) in [4.78, 5) is 27.9. The zero-order chi connectivity index (χ0) is 19.6. The van der Waals surface area contributed by atoms with Crippen LogP contribution in [0.2, 0.25) is 0 Å². The third kappa shape index (κ3) is 3.28. The maximum atomic E-state index is 13.0. The number of hydrogen-bond donors (Lipinski definition) is 3. The van der Waals surface area contributed by atoms with Gasteiger partial charge in [-0.1, -0.05) is 24.6 Å². The molecule has 1 amide bonds. The zero-order valence-electron chi connectivity index (χ0n) is 15.5. The highest BCUT2D eigenvalue weighted by atomic mass is 16.1. The molecule has 2 aliphatic rings. The molecule has 5 N–H and O–H groups in total. The molecular formula is C20H23N7O. The van der Waals surface area contributed by atoms with Crippen molar-refractivity contribution in [3.63, 3.8) is 0 Å². The van der Waals surface area contributed by atoms with Gasteiger partial charge in [-0.05, 0) is 49.9 Å². The minimum Gasteiger partial charge on any atom is -0.369 e. The van der Waals surface area contributed by atoms with Crippen molar-refractivity contribution in [3.05, 3.63) is 54.2 Å². The highest BCUT2D eigenvalue weighted by molar-refractivity contribution is 6.13. The van der Waals surface area contributed by atoms with Gasteiger partial charge in [0, 0.05) is 6.20 Å². The lowest BCUT2D eigenvalue weighted by Gasteiger charge is -2.46. The first-order chi connectivity index (χ1) is 13.6. The molecule has 8 nitrogen and oxygen atoms in total. The normalized spacial score (nSPS) is 18.4. The van der Waals surface area contributed by atoms with Crippen LogP contribution in [-0.4, -0.2) is 28.5 Å². The summed E-state index contributed by atoms with van der Waals surface area (Å²) in [6.07, 6.45) is 6.42. The molecular weight excluding hydrogens is 354 g/mol. The molecule has 8 heteroatoms. The van der Waals surface area contributed by atoms with Gasteiger partial charge in [0.25, 0.3) is 5.91 Å². The second-order valence-corrected chi connectivity index (χ2v) is 7.00. The lowest BCUT2D eigenvalue weighted by Crippen LogP contribution is -2.58. The lowest BCUT2D eigenvalue weighted by atomic mass is 9.87. The van der Waals surface area contributed by atoms with E-state index in [0.29, 0.717) is 17.1 Å². The van der Waals surface area contributed by atoms with Crippen LogP contribution in [0.3, 0.4) is 0 Å². The van der Waals surface area contributed by atoms with Crippen molar-refractivity contribution < 1.29 is 4.79 Å². The van der Waals surface area contributed by atoms with E-state index < -0.39 is 5.66 Å². The number of nitrogens with zero attached hydrogens (tertiary/aromatic N) is 4. The molecule has 1 aromatic heterocycles. The Balaban J connectivity index is 1.74. The SMILES string of the molecule is NC1=NC2(CCCCC2)N(c2ccccc2C(=O)Nc2ccccn2)C(N)=N1. The van der Waals surface area contributed by atoms with E-state index >= 15 is 0 Å². The van der Waals surface area contributed by atoms with E-state index in [1.54, 1.807) is 24.4 Å². The van der Waals surface area contributed by atoms with E-state index in [9.17, 15) is 4.79 Å². The molecule has 28 heavy (non-hydrogen) atoms. The predicted molar refractivity (Wildman–Crippen MR) is 110 cm³/mol. The average Bonchev–Trinajstić information content (AvgIpc) is 2.69. The van der Waals surface area contributed by atoms with Gasteiger partial charge in [0.15, 0.2) is 0 Å². The first-order valence-corrected chi connectivity index (χ1v) is 9.40. The van der Waals surface area contributed by atoms with Gasteiger partial charge >= 0.3 is 0 Å². The monoisotopic (exact) mass is 377 g/mol. The molecule has 4 rings (SSSR count). The van der Waals surface area contributed by atoms with Crippen LogP contribution >= 0.6 is 0 Å². The number of carbonyl (C=O) groups excluding carboxylic acids is 1. The Morgan fingerprint density at radius 3 is 2.54 bits per heavy atom. The molecule has 0 atom stereocenters. The third-order valence-corrected chi connectivity index (χ3v) is 5.15. The van der Waals surface area contributed by atoms with Crippen LogP contribution in [0.15, 0.2) is 58.6 Å². The van der Waals surface area contributed by atoms with Crippen molar-refractivity contribution >= 4 is 29.3 Å². The molecule has 2 aromatic rings. The van der Waals surface area contributed by atoms with E-state index in [1.807, 2.05) is 29.2 Å². The van der Waals surface area contributed by atoms with Gasteiger partial charge in [-0.25, -0.2) is 9.98 Å². The number of nitrogens with one attached hydrogen (secondary N) is 1. The summed E-state index contributed by atoms with van der Waals surface area (Å²) in [6, 6.07) is 12.7. The van der Waals surface area contributed by atoms with Crippen LogP contribution < -0.4 is 21.7 Å². The molecule has 0 radical (unpaired) electrons. The second kappa shape index (κ2) is 7.30. The Hall–Kier alpha value is -3.42. The fourth-order valence-corrected chi connectivity index (χ4v) is 3.95. The number of aliphatic imine (C=N–C) groups is 2. The van der Waals surface area contributed by atoms with E-state index in [-0.39, 0.29) is 17.8 Å². The van der Waals surface area contributed by atoms with Crippen LogP contribution in [0.4, 0.5) is 11.5 Å². The number of hydrogen-bond acceptors (Lipinski definition) is 7. The summed E-state index contributed by atoms with van der Waals surface area (Å²) >= 11 is 0. The van der Waals surface area contributed by atoms with Crippen molar-refractivity contribution in [1.29, 1.82) is 0 Å². The lowest BCUT2D eigenvalue weighted by molar-refractivity contribution is 0.102. The maximum absolute atomic E-state index is 13.0. The Bertz CT molecular complexity index is 933. The fourth-order valence-electron chi connectivity index (χ4n) is 3.95. The van der Waals surface area contributed by atoms with E-state index in [1.165, 1.54) is 0 Å². The van der Waals surface area contributed by atoms with E-state index in [4.69, 9.17) is 11.5 Å². The Morgan fingerprint density at radius 1 is 1.04 bits per heavy atom. The minimum atomic E-state index is -0.602. The van der Waals surface area contributed by atoms with Gasteiger partial charge in [-0.3, -0.25) is 9.69 Å². The largest absolute Gasteiger partial charge is 0.369 e. The number of benzene rings is 1. The molecule has 0 saturated heterocycles. The van der Waals surface area contributed by atoms with E-state index in [0.717, 1.165) is 32.1 Å². The number of pyridine rings is 1. The number of guanidine groups is 2. The van der Waals surface area contributed by atoms with Gasteiger partial charge in [-0.2, -0.15) is 4.99 Å². The molecule has 1 aromatic carbocycles. The molecule has 1 aliphatic carbocycles. The minimum absolute atomic E-state index is 0.186. The Labute approximate surface area is 163 Å². The number of rotatable bonds is 3. The van der Waals surface area contributed by atoms with Crippen molar-refractivity contribution in [1.82, 2.24) is 4.98 Å². The van der Waals surface area contributed by atoms with Crippen LogP contribution in [0.25, 0.3) is 0 Å². The summed E-state index contributed by atoms with van der Waals surface area (Å²) < 4.78 is 0. The summed E-state index contributed by atoms with van der Waals surface area (Å²) in [5, 5.41) is 2.83. The topological polar surface area (TPSA) is 122 Å². The smallest absolute Gasteiger partial charge is 0.258 e. The van der Waals surface area contributed by atoms with Crippen molar-refractivity contribution in [2.45, 2.75) is 37.8 Å².